The minimum Gasteiger partial charge on any atom is -0.0885 e. The molecule has 0 spiro atoms. The van der Waals surface area contributed by atoms with Gasteiger partial charge in [0, 0.05) is 10.8 Å². The van der Waals surface area contributed by atoms with Crippen LogP contribution in [0.25, 0.3) is 0 Å². The van der Waals surface area contributed by atoms with Gasteiger partial charge in [0.1, 0.15) is 0 Å². The second-order valence-electron chi connectivity index (χ2n) is 15.1. The van der Waals surface area contributed by atoms with Gasteiger partial charge in [-0.3, -0.25) is 0 Å². The Kier molecular flexibility index (Phi) is 10.2. The van der Waals surface area contributed by atoms with Crippen molar-refractivity contribution >= 4 is 15.8 Å². The maximum Gasteiger partial charge on any atom is 0.0227 e. The third kappa shape index (κ3) is 6.08. The molecule has 5 aliphatic carbocycles. The van der Waals surface area contributed by atoms with Crippen molar-refractivity contribution in [3.05, 3.63) is 48.0 Å². The van der Waals surface area contributed by atoms with Crippen LogP contribution in [0, 0.1) is 5.41 Å². The van der Waals surface area contributed by atoms with Crippen molar-refractivity contribution < 1.29 is 0 Å². The molecule has 0 bridgehead atoms. The summed E-state index contributed by atoms with van der Waals surface area (Å²) >= 11 is 0. The van der Waals surface area contributed by atoms with Crippen molar-refractivity contribution in [3.8, 4) is 0 Å². The molecule has 0 amide bonds. The van der Waals surface area contributed by atoms with Gasteiger partial charge < -0.3 is 0 Å². The lowest BCUT2D eigenvalue weighted by molar-refractivity contribution is 0.315. The van der Waals surface area contributed by atoms with Crippen LogP contribution in [0.15, 0.2) is 42.5 Å². The number of hydrogen-bond donors (Lipinski definition) is 0. The van der Waals surface area contributed by atoms with Crippen molar-refractivity contribution in [2.75, 3.05) is 0 Å². The molecular formula is C38H60P2. The first-order valence-corrected chi connectivity index (χ1v) is 20.9. The van der Waals surface area contributed by atoms with Crippen LogP contribution in [-0.2, 0) is 0 Å². The summed E-state index contributed by atoms with van der Waals surface area (Å²) in [5.41, 5.74) is 6.12. The Hall–Kier alpha value is -0.180. The van der Waals surface area contributed by atoms with E-state index in [-0.39, 0.29) is 21.3 Å². The molecule has 1 atom stereocenters. The van der Waals surface area contributed by atoms with E-state index in [0.29, 0.717) is 10.8 Å². The van der Waals surface area contributed by atoms with Crippen molar-refractivity contribution in [3.63, 3.8) is 0 Å². The summed E-state index contributed by atoms with van der Waals surface area (Å²) in [6, 6.07) is 12.2. The monoisotopic (exact) mass is 578 g/mol. The zero-order valence-electron chi connectivity index (χ0n) is 26.2. The van der Waals surface area contributed by atoms with Crippen LogP contribution < -0.4 is 0 Å². The highest BCUT2D eigenvalue weighted by atomic mass is 31.2. The average molecular weight is 579 g/mol. The van der Waals surface area contributed by atoms with Crippen molar-refractivity contribution in [2.45, 2.75) is 182 Å². The highest BCUT2D eigenvalue weighted by Gasteiger charge is 2.61. The third-order valence-corrected chi connectivity index (χ3v) is 21.3. The van der Waals surface area contributed by atoms with Crippen LogP contribution in [0.4, 0.5) is 0 Å². The summed E-state index contributed by atoms with van der Waals surface area (Å²) in [6.07, 6.45) is 37.6. The van der Waals surface area contributed by atoms with Crippen LogP contribution in [0.1, 0.15) is 160 Å². The first-order valence-electron chi connectivity index (χ1n) is 17.9. The summed E-state index contributed by atoms with van der Waals surface area (Å²) in [4.78, 5) is 0.540. The Morgan fingerprint density at radius 1 is 0.525 bits per heavy atom. The molecule has 0 N–H and O–H groups in total. The molecule has 6 rings (SSSR count). The third-order valence-electron chi connectivity index (χ3n) is 12.1. The van der Waals surface area contributed by atoms with Crippen LogP contribution in [0.5, 0.6) is 0 Å². The topological polar surface area (TPSA) is 0 Å². The maximum atomic E-state index is 2.79. The maximum absolute atomic E-state index is 2.79. The van der Waals surface area contributed by atoms with E-state index in [1.54, 1.807) is 56.9 Å². The summed E-state index contributed by atoms with van der Waals surface area (Å²) in [6.45, 7) is 5.33. The standard InChI is InChI=1S/C38H60P2/c1-37(2)29-18-30-38(36(37)31-19-8-3-9-20-31,39(32-21-10-4-11-22-32)33-23-12-5-13-24-33)40(34-25-14-6-15-26-34)35-27-16-7-17-28-35/h3,8-9,18-20,29,32-36H,4-7,10-17,21-28,30H2,1-2H3. The van der Waals surface area contributed by atoms with Gasteiger partial charge in [0.05, 0.1) is 0 Å². The van der Waals surface area contributed by atoms with Crippen LogP contribution >= 0.6 is 15.8 Å². The first-order chi connectivity index (χ1) is 19.6. The molecular weight excluding hydrogens is 518 g/mol. The summed E-state index contributed by atoms with van der Waals surface area (Å²) in [5, 5.41) is 0. The summed E-state index contributed by atoms with van der Waals surface area (Å²) in [7, 11) is -0.0644. The lowest BCUT2D eigenvalue weighted by Crippen LogP contribution is -2.50. The van der Waals surface area contributed by atoms with Crippen LogP contribution in [0.2, 0.25) is 0 Å². The van der Waals surface area contributed by atoms with Gasteiger partial charge in [-0.15, -0.1) is 0 Å². The Bertz CT molecular complexity index is 850. The van der Waals surface area contributed by atoms with Gasteiger partial charge in [-0.05, 0) is 91.4 Å². The Morgan fingerprint density at radius 3 is 1.27 bits per heavy atom. The number of benzene rings is 1. The molecule has 0 aromatic heterocycles. The number of hydrogen-bond acceptors (Lipinski definition) is 0. The highest BCUT2D eigenvalue weighted by Crippen LogP contribution is 2.85. The van der Waals surface area contributed by atoms with E-state index in [0.717, 1.165) is 22.6 Å². The van der Waals surface area contributed by atoms with E-state index in [1.165, 1.54) is 83.5 Å². The van der Waals surface area contributed by atoms with E-state index in [2.05, 4.69) is 56.3 Å². The normalized spacial score (nSPS) is 29.2. The van der Waals surface area contributed by atoms with E-state index in [4.69, 9.17) is 0 Å². The second kappa shape index (κ2) is 13.6. The molecule has 4 saturated carbocycles. The molecule has 5 aliphatic rings. The minimum absolute atomic E-state index is 0.0322. The zero-order valence-corrected chi connectivity index (χ0v) is 28.0. The van der Waals surface area contributed by atoms with Crippen molar-refractivity contribution in [1.82, 2.24) is 0 Å². The molecule has 0 aliphatic heterocycles. The molecule has 1 aromatic rings. The molecule has 222 valence electrons. The SMILES string of the molecule is CC1(C)C=CCC(P(C2CCCCC2)C2CCCCC2)(P(C2CCCCC2)C2CCCCC2)C1c1ccccc1. The average Bonchev–Trinajstić information content (AvgIpc) is 3.00. The second-order valence-corrected chi connectivity index (χ2v) is 21.6. The molecule has 2 heteroatoms. The number of allylic oxidation sites excluding steroid dienone is 2. The molecule has 0 radical (unpaired) electrons. The molecule has 0 saturated heterocycles. The molecule has 0 nitrogen and oxygen atoms in total. The van der Waals surface area contributed by atoms with E-state index in [9.17, 15) is 0 Å². The molecule has 0 heterocycles. The molecule has 4 fully saturated rings. The lowest BCUT2D eigenvalue weighted by Gasteiger charge is -2.65. The summed E-state index contributed by atoms with van der Waals surface area (Å²) in [5.74, 6) is 0.705. The first kappa shape index (κ1) is 29.9. The lowest BCUT2D eigenvalue weighted by atomic mass is 9.69. The van der Waals surface area contributed by atoms with Crippen molar-refractivity contribution in [1.29, 1.82) is 0 Å². The van der Waals surface area contributed by atoms with Crippen molar-refractivity contribution in [2.24, 2.45) is 5.41 Å². The van der Waals surface area contributed by atoms with Gasteiger partial charge in [-0.25, -0.2) is 0 Å². The molecule has 1 unspecified atom stereocenters. The quantitative estimate of drug-likeness (QED) is 0.223. The van der Waals surface area contributed by atoms with Gasteiger partial charge >= 0.3 is 0 Å². The fraction of sp³-hybridized carbons (Fsp3) is 0.789. The largest absolute Gasteiger partial charge is 0.0885 e. The van der Waals surface area contributed by atoms with Gasteiger partial charge in [0.15, 0.2) is 0 Å². The highest BCUT2D eigenvalue weighted by molar-refractivity contribution is 7.78. The molecule has 40 heavy (non-hydrogen) atoms. The van der Waals surface area contributed by atoms with Crippen LogP contribution in [-0.4, -0.2) is 27.5 Å². The predicted octanol–water partition coefficient (Wildman–Crippen LogP) is 12.7. The minimum atomic E-state index is -0.0322. The van der Waals surface area contributed by atoms with Gasteiger partial charge in [-0.2, -0.15) is 0 Å². The Labute approximate surface area is 250 Å². The van der Waals surface area contributed by atoms with Gasteiger partial charge in [0.2, 0.25) is 0 Å². The van der Waals surface area contributed by atoms with Crippen LogP contribution in [0.3, 0.4) is 0 Å². The fourth-order valence-corrected chi connectivity index (χ4v) is 23.3. The number of rotatable bonds is 7. The Morgan fingerprint density at radius 2 is 0.900 bits per heavy atom. The van der Waals surface area contributed by atoms with Gasteiger partial charge in [-0.1, -0.05) is 149 Å². The smallest absolute Gasteiger partial charge is 0.0227 e. The predicted molar refractivity (Wildman–Crippen MR) is 181 cm³/mol. The summed E-state index contributed by atoms with van der Waals surface area (Å²) < 4.78 is 0. The fourth-order valence-electron chi connectivity index (χ4n) is 10.6. The van der Waals surface area contributed by atoms with E-state index >= 15 is 0 Å². The van der Waals surface area contributed by atoms with E-state index in [1.807, 2.05) is 0 Å². The van der Waals surface area contributed by atoms with Gasteiger partial charge in [0.25, 0.3) is 0 Å². The Balaban J connectivity index is 1.59. The van der Waals surface area contributed by atoms with E-state index < -0.39 is 0 Å². The zero-order chi connectivity index (χ0) is 27.4. The molecule has 1 aromatic carbocycles.